The van der Waals surface area contributed by atoms with Crippen molar-refractivity contribution in [2.75, 3.05) is 23.0 Å². The molecule has 0 fully saturated rings. The maximum Gasteiger partial charge on any atom is 0.237 e. The molecular weight excluding hydrogens is 396 g/mol. The zero-order chi connectivity index (χ0) is 20.5. The number of amides is 2. The van der Waals surface area contributed by atoms with Crippen LogP contribution in [0.1, 0.15) is 18.9 Å². The highest BCUT2D eigenvalue weighted by Crippen LogP contribution is 2.36. The van der Waals surface area contributed by atoms with Gasteiger partial charge in [0.15, 0.2) is 9.84 Å². The van der Waals surface area contributed by atoms with Crippen LogP contribution in [0.5, 0.6) is 0 Å². The predicted octanol–water partition coefficient (Wildman–Crippen LogP) is 3.25. The Hall–Kier alpha value is -2.32. The number of hydrogen-bond acceptors (Lipinski definition) is 5. The lowest BCUT2D eigenvalue weighted by atomic mass is 10.2. The van der Waals surface area contributed by atoms with Crippen LogP contribution >= 0.6 is 11.8 Å². The van der Waals surface area contributed by atoms with E-state index in [0.29, 0.717) is 5.69 Å². The fraction of sp³-hybridized carbons (Fsp3) is 0.300. The van der Waals surface area contributed by atoms with Gasteiger partial charge in [-0.3, -0.25) is 9.59 Å². The number of anilines is 2. The van der Waals surface area contributed by atoms with Crippen molar-refractivity contribution in [2.45, 2.75) is 35.3 Å². The Kier molecular flexibility index (Phi) is 5.81. The van der Waals surface area contributed by atoms with Gasteiger partial charge >= 0.3 is 0 Å². The van der Waals surface area contributed by atoms with Crippen molar-refractivity contribution in [3.05, 3.63) is 48.0 Å². The number of carbonyl (C=O) groups is 2. The average Bonchev–Trinajstić information content (AvgIpc) is 2.66. The lowest BCUT2D eigenvalue weighted by Crippen LogP contribution is -2.28. The minimum absolute atomic E-state index is 0.104. The van der Waals surface area contributed by atoms with Gasteiger partial charge in [0.2, 0.25) is 11.8 Å². The van der Waals surface area contributed by atoms with E-state index in [9.17, 15) is 18.0 Å². The number of aryl methyl sites for hydroxylation is 1. The first kappa shape index (κ1) is 20.4. The van der Waals surface area contributed by atoms with E-state index in [4.69, 9.17) is 0 Å². The summed E-state index contributed by atoms with van der Waals surface area (Å²) in [6.07, 6.45) is -0.123. The van der Waals surface area contributed by atoms with Crippen LogP contribution in [0, 0.1) is 6.92 Å². The number of nitrogens with zero attached hydrogens (tertiary/aromatic N) is 1. The quantitative estimate of drug-likeness (QED) is 0.806. The van der Waals surface area contributed by atoms with Gasteiger partial charge in [-0.1, -0.05) is 12.1 Å². The summed E-state index contributed by atoms with van der Waals surface area (Å²) >= 11 is 1.39. The molecule has 1 aliphatic heterocycles. The number of nitrogens with one attached hydrogen (secondary N) is 1. The summed E-state index contributed by atoms with van der Waals surface area (Å²) in [5.74, 6) is -0.718. The van der Waals surface area contributed by atoms with E-state index in [1.807, 2.05) is 31.2 Å². The molecule has 2 amide bonds. The highest BCUT2D eigenvalue weighted by atomic mass is 32.2. The Morgan fingerprint density at radius 2 is 1.96 bits per heavy atom. The predicted molar refractivity (Wildman–Crippen MR) is 112 cm³/mol. The minimum atomic E-state index is -3.65. The summed E-state index contributed by atoms with van der Waals surface area (Å²) < 4.78 is 25.4. The molecular formula is C20H22N2O4S2. The molecule has 0 saturated carbocycles. The van der Waals surface area contributed by atoms with E-state index in [-0.39, 0.29) is 34.1 Å². The van der Waals surface area contributed by atoms with Crippen LogP contribution in [0.2, 0.25) is 0 Å². The summed E-state index contributed by atoms with van der Waals surface area (Å²) in [4.78, 5) is 26.7. The number of fused-ring (bicyclic) bond motifs is 1. The maximum atomic E-state index is 12.7. The van der Waals surface area contributed by atoms with Crippen molar-refractivity contribution in [2.24, 2.45) is 0 Å². The Morgan fingerprint density at radius 3 is 2.68 bits per heavy atom. The van der Waals surface area contributed by atoms with Crippen LogP contribution in [-0.2, 0) is 19.4 Å². The number of sulfone groups is 1. The van der Waals surface area contributed by atoms with Gasteiger partial charge in [0.25, 0.3) is 0 Å². The monoisotopic (exact) mass is 418 g/mol. The van der Waals surface area contributed by atoms with Crippen molar-refractivity contribution >= 4 is 44.8 Å². The summed E-state index contributed by atoms with van der Waals surface area (Å²) in [6, 6.07) is 12.2. The van der Waals surface area contributed by atoms with Crippen LogP contribution in [0.15, 0.2) is 52.3 Å². The zero-order valence-electron chi connectivity index (χ0n) is 15.9. The molecule has 0 aliphatic carbocycles. The van der Waals surface area contributed by atoms with E-state index in [0.717, 1.165) is 16.1 Å². The average molecular weight is 419 g/mol. The Bertz CT molecular complexity index is 1030. The molecule has 1 N–H and O–H groups in total. The summed E-state index contributed by atoms with van der Waals surface area (Å²) in [5, 5.41) is 2.51. The Morgan fingerprint density at radius 1 is 1.21 bits per heavy atom. The van der Waals surface area contributed by atoms with Crippen LogP contribution in [0.25, 0.3) is 0 Å². The molecule has 0 saturated heterocycles. The SMILES string of the molecule is Cc1cccc(N(C)C(=O)CCS(=O)(=O)c2ccc3c(c2)NC(=O)C(C)S3)c1. The van der Waals surface area contributed by atoms with Crippen LogP contribution in [0.4, 0.5) is 11.4 Å². The zero-order valence-corrected chi connectivity index (χ0v) is 17.6. The van der Waals surface area contributed by atoms with E-state index >= 15 is 0 Å². The minimum Gasteiger partial charge on any atom is -0.324 e. The molecule has 148 valence electrons. The second kappa shape index (κ2) is 7.97. The Balaban J connectivity index is 1.71. The summed E-state index contributed by atoms with van der Waals surface area (Å²) in [7, 11) is -2.02. The number of rotatable bonds is 5. The van der Waals surface area contributed by atoms with E-state index in [1.165, 1.54) is 28.8 Å². The van der Waals surface area contributed by atoms with Crippen LogP contribution < -0.4 is 10.2 Å². The van der Waals surface area contributed by atoms with Crippen molar-refractivity contribution in [3.63, 3.8) is 0 Å². The van der Waals surface area contributed by atoms with Crippen molar-refractivity contribution in [1.82, 2.24) is 0 Å². The second-order valence-electron chi connectivity index (χ2n) is 6.77. The first-order valence-electron chi connectivity index (χ1n) is 8.85. The number of thioether (sulfide) groups is 1. The first-order chi connectivity index (χ1) is 13.2. The molecule has 0 aromatic heterocycles. The van der Waals surface area contributed by atoms with E-state index in [1.54, 1.807) is 20.0 Å². The van der Waals surface area contributed by atoms with E-state index in [2.05, 4.69) is 5.32 Å². The van der Waals surface area contributed by atoms with E-state index < -0.39 is 9.84 Å². The molecule has 2 aromatic rings. The molecule has 0 bridgehead atoms. The molecule has 1 aliphatic rings. The standard InChI is InChI=1S/C20H22N2O4S2/c1-13-5-4-6-15(11-13)22(3)19(23)9-10-28(25,26)16-7-8-18-17(12-16)21-20(24)14(2)27-18/h4-8,11-12,14H,9-10H2,1-3H3,(H,21,24). The van der Waals surface area contributed by atoms with Gasteiger partial charge in [0.1, 0.15) is 0 Å². The fourth-order valence-electron chi connectivity index (χ4n) is 2.87. The Labute approximate surface area is 169 Å². The van der Waals surface area contributed by atoms with Gasteiger partial charge in [-0.25, -0.2) is 8.42 Å². The largest absolute Gasteiger partial charge is 0.324 e. The lowest BCUT2D eigenvalue weighted by Gasteiger charge is -2.22. The van der Waals surface area contributed by atoms with Crippen LogP contribution in [0.3, 0.4) is 0 Å². The molecule has 6 nitrogen and oxygen atoms in total. The summed E-state index contributed by atoms with van der Waals surface area (Å²) in [6.45, 7) is 3.73. The molecule has 0 radical (unpaired) electrons. The molecule has 28 heavy (non-hydrogen) atoms. The number of carbonyl (C=O) groups excluding carboxylic acids is 2. The third kappa shape index (κ3) is 4.39. The van der Waals surface area contributed by atoms with Gasteiger partial charge in [0.05, 0.1) is 21.6 Å². The highest BCUT2D eigenvalue weighted by Gasteiger charge is 2.25. The van der Waals surface area contributed by atoms with Crippen LogP contribution in [-0.4, -0.2) is 38.3 Å². The first-order valence-corrected chi connectivity index (χ1v) is 11.4. The molecule has 1 unspecified atom stereocenters. The van der Waals surface area contributed by atoms with Gasteiger partial charge in [0, 0.05) is 24.1 Å². The van der Waals surface area contributed by atoms with Crippen molar-refractivity contribution in [1.29, 1.82) is 0 Å². The fourth-order valence-corrected chi connectivity index (χ4v) is 5.05. The third-order valence-corrected chi connectivity index (χ3v) is 7.48. The normalized spacial score (nSPS) is 16.2. The highest BCUT2D eigenvalue weighted by molar-refractivity contribution is 8.01. The summed E-state index contributed by atoms with van der Waals surface area (Å²) in [5.41, 5.74) is 2.25. The topological polar surface area (TPSA) is 83.6 Å². The number of hydrogen-bond donors (Lipinski definition) is 1. The van der Waals surface area contributed by atoms with Gasteiger partial charge in [-0.05, 0) is 49.7 Å². The maximum absolute atomic E-state index is 12.7. The smallest absolute Gasteiger partial charge is 0.237 e. The second-order valence-corrected chi connectivity index (χ2v) is 10.3. The van der Waals surface area contributed by atoms with Gasteiger partial charge in [-0.15, -0.1) is 11.8 Å². The molecule has 1 atom stereocenters. The molecule has 3 rings (SSSR count). The lowest BCUT2D eigenvalue weighted by molar-refractivity contribution is -0.118. The molecule has 2 aromatic carbocycles. The molecule has 0 spiro atoms. The van der Waals surface area contributed by atoms with Gasteiger partial charge in [-0.2, -0.15) is 0 Å². The number of benzene rings is 2. The molecule has 8 heteroatoms. The molecule has 1 heterocycles. The van der Waals surface area contributed by atoms with Crippen molar-refractivity contribution < 1.29 is 18.0 Å². The van der Waals surface area contributed by atoms with Crippen molar-refractivity contribution in [3.8, 4) is 0 Å². The van der Waals surface area contributed by atoms with Gasteiger partial charge < -0.3 is 10.2 Å². The third-order valence-electron chi connectivity index (χ3n) is 4.59.